The van der Waals surface area contributed by atoms with Gasteiger partial charge < -0.3 is 8.85 Å². The van der Waals surface area contributed by atoms with Gasteiger partial charge in [0.15, 0.2) is 0 Å². The van der Waals surface area contributed by atoms with Crippen LogP contribution < -0.4 is 20.7 Å². The van der Waals surface area contributed by atoms with E-state index < -0.39 is 16.6 Å². The lowest BCUT2D eigenvalue weighted by Gasteiger charge is -2.47. The molecule has 0 radical (unpaired) electrons. The summed E-state index contributed by atoms with van der Waals surface area (Å²) in [6, 6.07) is 43.9. The van der Waals surface area contributed by atoms with Crippen LogP contribution in [0.1, 0.15) is 41.5 Å². The van der Waals surface area contributed by atoms with Gasteiger partial charge in [-0.15, -0.1) is 11.8 Å². The lowest BCUT2D eigenvalue weighted by atomic mass is 9.83. The Bertz CT molecular complexity index is 1430. The molecule has 0 saturated carbocycles. The molecule has 44 heavy (non-hydrogen) atoms. The molecule has 2 nitrogen and oxygen atoms in total. The van der Waals surface area contributed by atoms with Gasteiger partial charge in [-0.1, -0.05) is 169 Å². The van der Waals surface area contributed by atoms with Crippen LogP contribution in [-0.2, 0) is 8.85 Å². The highest BCUT2D eigenvalue weighted by Crippen LogP contribution is 2.44. The number of benzene rings is 4. The summed E-state index contributed by atoms with van der Waals surface area (Å²) in [6.45, 7) is 15.5. The molecule has 1 aliphatic rings. The minimum Gasteiger partial charge on any atom is -0.407 e. The molecule has 0 N–H and O–H groups in total. The number of rotatable bonds is 11. The van der Waals surface area contributed by atoms with Gasteiger partial charge in [-0.25, -0.2) is 0 Å². The minimum atomic E-state index is -2.63. The van der Waals surface area contributed by atoms with E-state index >= 15 is 0 Å². The van der Waals surface area contributed by atoms with Crippen LogP contribution in [0.3, 0.4) is 0 Å². The van der Waals surface area contributed by atoms with Crippen molar-refractivity contribution in [2.45, 2.75) is 51.6 Å². The second-order valence-corrected chi connectivity index (χ2v) is 23.5. The molecule has 230 valence electrons. The van der Waals surface area contributed by atoms with Crippen molar-refractivity contribution in [3.05, 3.63) is 132 Å². The molecule has 5 heteroatoms. The van der Waals surface area contributed by atoms with Gasteiger partial charge in [-0.3, -0.25) is 0 Å². The first kappa shape index (κ1) is 32.7. The van der Waals surface area contributed by atoms with Crippen LogP contribution in [0, 0.1) is 11.8 Å². The van der Waals surface area contributed by atoms with Gasteiger partial charge in [0.05, 0.1) is 0 Å². The first-order valence-electron chi connectivity index (χ1n) is 15.8. The van der Waals surface area contributed by atoms with Crippen molar-refractivity contribution in [2.75, 3.05) is 19.5 Å². The fourth-order valence-corrected chi connectivity index (χ4v) is 17.1. The monoisotopic (exact) mass is 636 g/mol. The van der Waals surface area contributed by atoms with Gasteiger partial charge in [0.25, 0.3) is 16.6 Å². The lowest BCUT2D eigenvalue weighted by Crippen LogP contribution is -2.67. The number of hydrogen-bond acceptors (Lipinski definition) is 3. The Balaban J connectivity index is 1.48. The maximum atomic E-state index is 7.44. The Morgan fingerprint density at radius 1 is 0.523 bits per heavy atom. The Hall–Kier alpha value is -2.68. The molecule has 0 heterocycles. The summed E-state index contributed by atoms with van der Waals surface area (Å²) in [6.07, 6.45) is 4.63. The smallest absolute Gasteiger partial charge is 0.261 e. The fraction of sp³-hybridized carbons (Fsp3) is 0.333. The van der Waals surface area contributed by atoms with Crippen molar-refractivity contribution < 1.29 is 8.85 Å². The topological polar surface area (TPSA) is 18.5 Å². The molecule has 0 saturated heterocycles. The maximum absolute atomic E-state index is 7.44. The molecule has 2 atom stereocenters. The molecule has 0 aromatic heterocycles. The lowest BCUT2D eigenvalue weighted by molar-refractivity contribution is 0.163. The van der Waals surface area contributed by atoms with Crippen LogP contribution in [0.2, 0.25) is 10.1 Å². The third kappa shape index (κ3) is 6.10. The van der Waals surface area contributed by atoms with E-state index in [-0.39, 0.29) is 10.1 Å². The van der Waals surface area contributed by atoms with Crippen LogP contribution in [0.15, 0.2) is 132 Å². The Kier molecular flexibility index (Phi) is 9.93. The molecule has 4 aromatic rings. The molecule has 5 rings (SSSR count). The molecular formula is C39H48O2SSi2. The van der Waals surface area contributed by atoms with E-state index in [4.69, 9.17) is 8.85 Å². The van der Waals surface area contributed by atoms with E-state index in [9.17, 15) is 0 Å². The first-order valence-corrected chi connectivity index (χ1v) is 20.8. The van der Waals surface area contributed by atoms with Gasteiger partial charge in [0, 0.05) is 25.0 Å². The molecule has 0 aliphatic heterocycles. The maximum Gasteiger partial charge on any atom is 0.261 e. The average Bonchev–Trinajstić information content (AvgIpc) is 3.01. The summed E-state index contributed by atoms with van der Waals surface area (Å²) < 4.78 is 14.8. The summed E-state index contributed by atoms with van der Waals surface area (Å²) in [5.41, 5.74) is 0. The summed E-state index contributed by atoms with van der Waals surface area (Å²) in [5, 5.41) is 5.20. The van der Waals surface area contributed by atoms with E-state index in [1.807, 2.05) is 11.8 Å². The van der Waals surface area contributed by atoms with E-state index in [1.54, 1.807) is 0 Å². The van der Waals surface area contributed by atoms with Crippen molar-refractivity contribution in [1.82, 2.24) is 0 Å². The van der Waals surface area contributed by atoms with Gasteiger partial charge >= 0.3 is 0 Å². The standard InChI is InChI=1S/C39H48O2SSi2/c1-38(2,3)43(32-20-12-8-13-21-32,33-22-14-9-15-23-33)40-29-31-28-37(42-7)36(31)30-41-44(39(4,5)6,34-24-16-10-17-25-34)35-26-18-11-19-27-35/h8-28,31,36H,29-30H2,1-7H3/t31-,36-/m0/s1. The summed E-state index contributed by atoms with van der Waals surface area (Å²) in [5.74, 6) is 0.613. The summed E-state index contributed by atoms with van der Waals surface area (Å²) >= 11 is 1.86. The fourth-order valence-electron chi connectivity index (χ4n) is 7.09. The SMILES string of the molecule is CSC1=C[C@@H](CO[Si](c2ccccc2)(c2ccccc2)C(C)(C)C)[C@@H]1CO[Si](c1ccccc1)(c1ccccc1)C(C)(C)C. The zero-order chi connectivity index (χ0) is 31.4. The van der Waals surface area contributed by atoms with Gasteiger partial charge in [0.2, 0.25) is 0 Å². The van der Waals surface area contributed by atoms with E-state index in [0.717, 1.165) is 0 Å². The van der Waals surface area contributed by atoms with Gasteiger partial charge in [-0.2, -0.15) is 0 Å². The average molecular weight is 637 g/mol. The highest BCUT2D eigenvalue weighted by atomic mass is 32.2. The Labute approximate surface area is 272 Å². The first-order chi connectivity index (χ1) is 21.0. The summed E-state index contributed by atoms with van der Waals surface area (Å²) in [7, 11) is -5.25. The normalized spacial score (nSPS) is 17.6. The molecule has 0 fully saturated rings. The molecule has 4 aromatic carbocycles. The second kappa shape index (κ2) is 13.4. The van der Waals surface area contributed by atoms with Crippen molar-refractivity contribution in [1.29, 1.82) is 0 Å². The van der Waals surface area contributed by atoms with Crippen LogP contribution in [0.4, 0.5) is 0 Å². The highest BCUT2D eigenvalue weighted by molar-refractivity contribution is 8.02. The highest BCUT2D eigenvalue weighted by Gasteiger charge is 2.53. The largest absolute Gasteiger partial charge is 0.407 e. The van der Waals surface area contributed by atoms with Gasteiger partial charge in [0.1, 0.15) is 0 Å². The number of hydrogen-bond donors (Lipinski definition) is 0. The Morgan fingerprint density at radius 3 is 1.14 bits per heavy atom. The van der Waals surface area contributed by atoms with E-state index in [2.05, 4.69) is 175 Å². The van der Waals surface area contributed by atoms with Crippen LogP contribution in [-0.4, -0.2) is 36.1 Å². The van der Waals surface area contributed by atoms with Crippen LogP contribution in [0.5, 0.6) is 0 Å². The molecule has 0 bridgehead atoms. The van der Waals surface area contributed by atoms with Crippen molar-refractivity contribution in [3.8, 4) is 0 Å². The minimum absolute atomic E-state index is 0.0492. The van der Waals surface area contributed by atoms with E-state index in [0.29, 0.717) is 25.0 Å². The summed E-state index contributed by atoms with van der Waals surface area (Å²) in [4.78, 5) is 1.42. The zero-order valence-corrected chi connectivity index (χ0v) is 30.2. The van der Waals surface area contributed by atoms with Crippen molar-refractivity contribution in [2.24, 2.45) is 11.8 Å². The third-order valence-corrected chi connectivity index (χ3v) is 20.2. The second-order valence-electron chi connectivity index (χ2n) is 14.0. The third-order valence-electron chi connectivity index (χ3n) is 9.30. The predicted molar refractivity (Wildman–Crippen MR) is 196 cm³/mol. The molecule has 0 amide bonds. The molecular weight excluding hydrogens is 589 g/mol. The molecule has 0 unspecified atom stereocenters. The quantitative estimate of drug-likeness (QED) is 0.158. The zero-order valence-electron chi connectivity index (χ0n) is 27.4. The van der Waals surface area contributed by atoms with Gasteiger partial charge in [-0.05, 0) is 42.0 Å². The van der Waals surface area contributed by atoms with Crippen molar-refractivity contribution in [3.63, 3.8) is 0 Å². The van der Waals surface area contributed by atoms with E-state index in [1.165, 1.54) is 25.7 Å². The Morgan fingerprint density at radius 2 is 0.841 bits per heavy atom. The molecule has 1 aliphatic carbocycles. The predicted octanol–water partition coefficient (Wildman–Crippen LogP) is 7.63. The van der Waals surface area contributed by atoms with Crippen LogP contribution >= 0.6 is 11.8 Å². The van der Waals surface area contributed by atoms with Crippen LogP contribution in [0.25, 0.3) is 0 Å². The molecule has 0 spiro atoms. The number of thioether (sulfide) groups is 1. The van der Waals surface area contributed by atoms with Crippen molar-refractivity contribution >= 4 is 49.1 Å².